The Morgan fingerprint density at radius 3 is 2.29 bits per heavy atom. The van der Waals surface area contributed by atoms with Gasteiger partial charge in [-0.25, -0.2) is 0 Å². The molecule has 2 aliphatic rings. The van der Waals surface area contributed by atoms with E-state index in [0.29, 0.717) is 17.7 Å². The van der Waals surface area contributed by atoms with Gasteiger partial charge < -0.3 is 4.90 Å². The fourth-order valence-electron chi connectivity index (χ4n) is 5.39. The number of thioether (sulfide) groups is 1. The Balaban J connectivity index is 1.32. The van der Waals surface area contributed by atoms with Gasteiger partial charge in [0.1, 0.15) is 5.69 Å². The Bertz CT molecular complexity index is 1080. The molecule has 2 aromatic carbocycles. The Hall–Kier alpha value is -2.63. The summed E-state index contributed by atoms with van der Waals surface area (Å²) in [5.74, 6) is 0.601. The minimum Gasteiger partial charge on any atom is -0.331 e. The minimum atomic E-state index is 0.102. The highest BCUT2D eigenvalue weighted by atomic mass is 32.2. The van der Waals surface area contributed by atoms with Gasteiger partial charge in [-0.15, -0.1) is 11.8 Å². The fraction of sp³-hybridized carbons (Fsp3) is 0.400. The molecule has 1 saturated carbocycles. The molecule has 1 aliphatic carbocycles. The molecule has 0 N–H and O–H groups in total. The average molecular weight is 486 g/mol. The number of carbonyl (C=O) groups excluding carboxylic acids is 1. The number of nitrogens with zero attached hydrogens (tertiary/aromatic N) is 3. The largest absolute Gasteiger partial charge is 0.331 e. The minimum absolute atomic E-state index is 0.102. The van der Waals surface area contributed by atoms with Crippen LogP contribution in [0.3, 0.4) is 0 Å². The van der Waals surface area contributed by atoms with Crippen molar-refractivity contribution in [3.8, 4) is 0 Å². The third kappa shape index (κ3) is 6.14. The lowest BCUT2D eigenvalue weighted by atomic mass is 9.84. The average Bonchev–Trinajstić information content (AvgIpc) is 3.75. The van der Waals surface area contributed by atoms with Crippen molar-refractivity contribution in [1.29, 1.82) is 0 Å². The van der Waals surface area contributed by atoms with E-state index in [1.165, 1.54) is 16.0 Å². The number of rotatable bonds is 9. The van der Waals surface area contributed by atoms with E-state index in [1.807, 2.05) is 18.2 Å². The standard InChI is InChI=1S/C30H35N3OS/c1-35-27-14-10-24(11-15-27)22-32-19-16-25(17-20-32)29(21-23-7-3-2-4-8-23)33(26-12-13-26)30(34)28-9-5-6-18-31-28/h2-11,14-15,18,25-26,29H,12-13,16-17,19-22H2,1H3/t29-/m0/s1. The number of piperidine rings is 1. The Kier molecular flexibility index (Phi) is 7.85. The number of benzene rings is 2. The van der Waals surface area contributed by atoms with Crippen molar-refractivity contribution in [2.24, 2.45) is 5.92 Å². The monoisotopic (exact) mass is 485 g/mol. The molecule has 4 nitrogen and oxygen atoms in total. The van der Waals surface area contributed by atoms with Crippen LogP contribution in [0.25, 0.3) is 0 Å². The van der Waals surface area contributed by atoms with Gasteiger partial charge in [0, 0.05) is 29.7 Å². The zero-order valence-corrected chi connectivity index (χ0v) is 21.4. The maximum atomic E-state index is 13.7. The molecule has 1 saturated heterocycles. The lowest BCUT2D eigenvalue weighted by Crippen LogP contribution is -2.50. The Labute approximate surface area is 213 Å². The van der Waals surface area contributed by atoms with Gasteiger partial charge in [0.05, 0.1) is 0 Å². The zero-order chi connectivity index (χ0) is 24.0. The van der Waals surface area contributed by atoms with Gasteiger partial charge in [-0.3, -0.25) is 14.7 Å². The van der Waals surface area contributed by atoms with Gasteiger partial charge in [0.15, 0.2) is 0 Å². The molecule has 1 atom stereocenters. The highest BCUT2D eigenvalue weighted by Gasteiger charge is 2.42. The van der Waals surface area contributed by atoms with Gasteiger partial charge in [0.2, 0.25) is 0 Å². The quantitative estimate of drug-likeness (QED) is 0.352. The topological polar surface area (TPSA) is 36.4 Å². The van der Waals surface area contributed by atoms with Crippen molar-refractivity contribution in [2.75, 3.05) is 19.3 Å². The number of carbonyl (C=O) groups is 1. The highest BCUT2D eigenvalue weighted by Crippen LogP contribution is 2.36. The number of amides is 1. The fourth-order valence-corrected chi connectivity index (χ4v) is 5.80. The summed E-state index contributed by atoms with van der Waals surface area (Å²) >= 11 is 1.79. The van der Waals surface area contributed by atoms with Crippen LogP contribution in [0.4, 0.5) is 0 Å². The Morgan fingerprint density at radius 1 is 0.943 bits per heavy atom. The summed E-state index contributed by atoms with van der Waals surface area (Å²) in [4.78, 5) is 24.2. The summed E-state index contributed by atoms with van der Waals surface area (Å²) in [6.45, 7) is 3.16. The van der Waals surface area contributed by atoms with Gasteiger partial charge in [0.25, 0.3) is 5.91 Å². The second kappa shape index (κ2) is 11.4. The maximum absolute atomic E-state index is 13.7. The molecule has 0 radical (unpaired) electrons. The molecule has 2 heterocycles. The van der Waals surface area contributed by atoms with E-state index in [0.717, 1.165) is 51.7 Å². The normalized spacial score (nSPS) is 17.7. The first-order valence-electron chi connectivity index (χ1n) is 12.8. The molecule has 3 aromatic rings. The van der Waals surface area contributed by atoms with Gasteiger partial charge in [-0.2, -0.15) is 0 Å². The van der Waals surface area contributed by atoms with Crippen LogP contribution in [0.5, 0.6) is 0 Å². The van der Waals surface area contributed by atoms with E-state index < -0.39 is 0 Å². The number of aromatic nitrogens is 1. The predicted molar refractivity (Wildman–Crippen MR) is 144 cm³/mol. The molecule has 1 aliphatic heterocycles. The predicted octanol–water partition coefficient (Wildman–Crippen LogP) is 5.93. The third-order valence-corrected chi connectivity index (χ3v) is 8.19. The summed E-state index contributed by atoms with van der Waals surface area (Å²) in [7, 11) is 0. The van der Waals surface area contributed by atoms with Crippen LogP contribution in [-0.2, 0) is 13.0 Å². The van der Waals surface area contributed by atoms with E-state index in [4.69, 9.17) is 0 Å². The first kappa shape index (κ1) is 24.1. The molecule has 0 bridgehead atoms. The van der Waals surface area contributed by atoms with Crippen molar-refractivity contribution < 1.29 is 4.79 Å². The molecule has 1 amide bonds. The summed E-state index contributed by atoms with van der Waals surface area (Å²) in [6.07, 6.45) is 9.22. The third-order valence-electron chi connectivity index (χ3n) is 7.45. The molecular weight excluding hydrogens is 450 g/mol. The van der Waals surface area contributed by atoms with Crippen molar-refractivity contribution >= 4 is 17.7 Å². The zero-order valence-electron chi connectivity index (χ0n) is 20.6. The van der Waals surface area contributed by atoms with E-state index in [-0.39, 0.29) is 11.9 Å². The summed E-state index contributed by atoms with van der Waals surface area (Å²) < 4.78 is 0. The van der Waals surface area contributed by atoms with Crippen LogP contribution >= 0.6 is 11.8 Å². The van der Waals surface area contributed by atoms with Crippen LogP contribution in [0.15, 0.2) is 83.9 Å². The van der Waals surface area contributed by atoms with Crippen LogP contribution in [0.2, 0.25) is 0 Å². The van der Waals surface area contributed by atoms with Gasteiger partial charge in [-0.05, 0) is 92.8 Å². The smallest absolute Gasteiger partial charge is 0.272 e. The second-order valence-corrected chi connectivity index (χ2v) is 10.8. The molecule has 2 fully saturated rings. The first-order chi connectivity index (χ1) is 17.2. The van der Waals surface area contributed by atoms with Crippen LogP contribution in [-0.4, -0.2) is 52.1 Å². The van der Waals surface area contributed by atoms with Crippen LogP contribution in [0.1, 0.15) is 47.3 Å². The van der Waals surface area contributed by atoms with Crippen molar-refractivity contribution in [3.05, 3.63) is 95.8 Å². The molecule has 0 spiro atoms. The van der Waals surface area contributed by atoms with Crippen LogP contribution < -0.4 is 0 Å². The van der Waals surface area contributed by atoms with E-state index >= 15 is 0 Å². The number of likely N-dealkylation sites (tertiary alicyclic amines) is 1. The summed E-state index contributed by atoms with van der Waals surface area (Å²) in [5.41, 5.74) is 3.27. The number of hydrogen-bond donors (Lipinski definition) is 0. The molecule has 182 valence electrons. The molecule has 5 heteroatoms. The highest BCUT2D eigenvalue weighted by molar-refractivity contribution is 7.98. The second-order valence-electron chi connectivity index (χ2n) is 9.88. The first-order valence-corrected chi connectivity index (χ1v) is 14.1. The lowest BCUT2D eigenvalue weighted by molar-refractivity contribution is 0.0477. The van der Waals surface area contributed by atoms with Crippen molar-refractivity contribution in [3.63, 3.8) is 0 Å². The lowest BCUT2D eigenvalue weighted by Gasteiger charge is -2.42. The van der Waals surface area contributed by atoms with Crippen molar-refractivity contribution in [1.82, 2.24) is 14.8 Å². The van der Waals surface area contributed by atoms with Gasteiger partial charge >= 0.3 is 0 Å². The molecule has 1 aromatic heterocycles. The van der Waals surface area contributed by atoms with E-state index in [2.05, 4.69) is 75.6 Å². The molecule has 35 heavy (non-hydrogen) atoms. The SMILES string of the molecule is CSc1ccc(CN2CCC([C@H](Cc3ccccc3)N(C(=O)c3ccccn3)C3CC3)CC2)cc1. The summed E-state index contributed by atoms with van der Waals surface area (Å²) in [6, 6.07) is 25.9. The molecular formula is C30H35N3OS. The number of pyridine rings is 1. The van der Waals surface area contributed by atoms with Gasteiger partial charge in [-0.1, -0.05) is 48.5 Å². The summed E-state index contributed by atoms with van der Waals surface area (Å²) in [5, 5.41) is 0. The maximum Gasteiger partial charge on any atom is 0.272 e. The number of hydrogen-bond acceptors (Lipinski definition) is 4. The van der Waals surface area contributed by atoms with E-state index in [1.54, 1.807) is 18.0 Å². The van der Waals surface area contributed by atoms with Crippen LogP contribution in [0, 0.1) is 5.92 Å². The van der Waals surface area contributed by atoms with Crippen molar-refractivity contribution in [2.45, 2.75) is 55.6 Å². The molecule has 0 unspecified atom stereocenters. The van der Waals surface area contributed by atoms with E-state index in [9.17, 15) is 4.79 Å². The Morgan fingerprint density at radius 2 is 1.66 bits per heavy atom. The molecule has 5 rings (SSSR count).